The quantitative estimate of drug-likeness (QED) is 0.877. The molecule has 1 aromatic carbocycles. The maximum atomic E-state index is 3.75. The number of anilines is 1. The fraction of sp³-hybridized carbons (Fsp3) is 0.625. The molecule has 0 radical (unpaired) electrons. The number of nitrogens with one attached hydrogen (secondary N) is 1. The van der Waals surface area contributed by atoms with Gasteiger partial charge < -0.3 is 10.2 Å². The molecule has 1 N–H and O–H groups in total. The van der Waals surface area contributed by atoms with Gasteiger partial charge in [-0.15, -0.1) is 0 Å². The van der Waals surface area contributed by atoms with Crippen LogP contribution in [0.1, 0.15) is 37.3 Å². The standard InChI is InChI=1S/C16H26N2/c1-4-18-11-6-8-15(10-12-18)17-16-9-5-7-13(2)14(16)3/h5,7,9,15,17H,4,6,8,10-12H2,1-3H3. The second kappa shape index (κ2) is 6.24. The molecule has 0 spiro atoms. The second-order valence-electron chi connectivity index (χ2n) is 5.45. The summed E-state index contributed by atoms with van der Waals surface area (Å²) in [5.74, 6) is 0. The van der Waals surface area contributed by atoms with E-state index in [1.165, 1.54) is 55.7 Å². The lowest BCUT2D eigenvalue weighted by molar-refractivity contribution is 0.300. The third kappa shape index (κ3) is 3.26. The zero-order valence-electron chi connectivity index (χ0n) is 12.0. The van der Waals surface area contributed by atoms with E-state index >= 15 is 0 Å². The Morgan fingerprint density at radius 1 is 1.22 bits per heavy atom. The molecule has 2 nitrogen and oxygen atoms in total. The topological polar surface area (TPSA) is 15.3 Å². The summed E-state index contributed by atoms with van der Waals surface area (Å²) in [4.78, 5) is 2.56. The zero-order valence-corrected chi connectivity index (χ0v) is 12.0. The van der Waals surface area contributed by atoms with Gasteiger partial charge in [-0.3, -0.25) is 0 Å². The molecule has 1 unspecified atom stereocenters. The summed E-state index contributed by atoms with van der Waals surface area (Å²) in [5.41, 5.74) is 4.10. The first-order valence-electron chi connectivity index (χ1n) is 7.25. The molecule has 0 amide bonds. The highest BCUT2D eigenvalue weighted by atomic mass is 15.1. The molecule has 1 heterocycles. The summed E-state index contributed by atoms with van der Waals surface area (Å²) in [6.07, 6.45) is 3.88. The van der Waals surface area contributed by atoms with E-state index in [1.54, 1.807) is 0 Å². The van der Waals surface area contributed by atoms with Crippen molar-refractivity contribution in [3.8, 4) is 0 Å². The lowest BCUT2D eigenvalue weighted by Gasteiger charge is -2.21. The first-order valence-corrected chi connectivity index (χ1v) is 7.25. The number of aryl methyl sites for hydroxylation is 1. The normalized spacial score (nSPS) is 21.6. The maximum Gasteiger partial charge on any atom is 0.0374 e. The fourth-order valence-electron chi connectivity index (χ4n) is 2.74. The molecular formula is C16H26N2. The highest BCUT2D eigenvalue weighted by molar-refractivity contribution is 5.54. The molecule has 1 fully saturated rings. The zero-order chi connectivity index (χ0) is 13.0. The predicted molar refractivity (Wildman–Crippen MR) is 79.3 cm³/mol. The summed E-state index contributed by atoms with van der Waals surface area (Å²) in [6, 6.07) is 7.19. The summed E-state index contributed by atoms with van der Waals surface area (Å²) in [6.45, 7) is 10.4. The molecule has 2 rings (SSSR count). The van der Waals surface area contributed by atoms with E-state index in [1.807, 2.05) is 0 Å². The number of hydrogen-bond donors (Lipinski definition) is 1. The Balaban J connectivity index is 1.99. The van der Waals surface area contributed by atoms with Crippen molar-refractivity contribution in [1.82, 2.24) is 4.90 Å². The van der Waals surface area contributed by atoms with Gasteiger partial charge in [-0.1, -0.05) is 19.1 Å². The molecule has 18 heavy (non-hydrogen) atoms. The van der Waals surface area contributed by atoms with Crippen molar-refractivity contribution >= 4 is 5.69 Å². The van der Waals surface area contributed by atoms with Gasteiger partial charge in [0.05, 0.1) is 0 Å². The van der Waals surface area contributed by atoms with Crippen LogP contribution in [0.3, 0.4) is 0 Å². The van der Waals surface area contributed by atoms with Crippen LogP contribution in [0.5, 0.6) is 0 Å². The van der Waals surface area contributed by atoms with Gasteiger partial charge in [0.1, 0.15) is 0 Å². The van der Waals surface area contributed by atoms with Crippen molar-refractivity contribution in [2.45, 2.75) is 46.1 Å². The molecule has 1 aromatic rings. The number of benzene rings is 1. The fourth-order valence-corrected chi connectivity index (χ4v) is 2.74. The van der Waals surface area contributed by atoms with Gasteiger partial charge in [0, 0.05) is 18.3 Å². The number of rotatable bonds is 3. The van der Waals surface area contributed by atoms with E-state index in [-0.39, 0.29) is 0 Å². The molecule has 2 heteroatoms. The van der Waals surface area contributed by atoms with Crippen LogP contribution >= 0.6 is 0 Å². The van der Waals surface area contributed by atoms with E-state index in [4.69, 9.17) is 0 Å². The Bertz CT molecular complexity index is 387. The monoisotopic (exact) mass is 246 g/mol. The minimum absolute atomic E-state index is 0.641. The van der Waals surface area contributed by atoms with Crippen molar-refractivity contribution < 1.29 is 0 Å². The summed E-state index contributed by atoms with van der Waals surface area (Å²) >= 11 is 0. The third-order valence-corrected chi connectivity index (χ3v) is 4.23. The lowest BCUT2D eigenvalue weighted by Crippen LogP contribution is -2.26. The first-order chi connectivity index (χ1) is 8.70. The minimum atomic E-state index is 0.641. The molecule has 0 aromatic heterocycles. The van der Waals surface area contributed by atoms with Crippen LogP contribution in [0.15, 0.2) is 18.2 Å². The summed E-state index contributed by atoms with van der Waals surface area (Å²) in [5, 5.41) is 3.75. The highest BCUT2D eigenvalue weighted by Gasteiger charge is 2.16. The number of nitrogens with zero attached hydrogens (tertiary/aromatic N) is 1. The van der Waals surface area contributed by atoms with Gasteiger partial charge in [-0.25, -0.2) is 0 Å². The van der Waals surface area contributed by atoms with Crippen LogP contribution in [0.2, 0.25) is 0 Å². The lowest BCUT2D eigenvalue weighted by atomic mass is 10.1. The van der Waals surface area contributed by atoms with E-state index in [2.05, 4.69) is 49.2 Å². The smallest absolute Gasteiger partial charge is 0.0374 e. The molecule has 0 aliphatic carbocycles. The SMILES string of the molecule is CCN1CCCC(Nc2cccc(C)c2C)CC1. The van der Waals surface area contributed by atoms with Gasteiger partial charge >= 0.3 is 0 Å². The third-order valence-electron chi connectivity index (χ3n) is 4.23. The van der Waals surface area contributed by atoms with Crippen LogP contribution in [0.4, 0.5) is 5.69 Å². The van der Waals surface area contributed by atoms with Gasteiger partial charge in [0.25, 0.3) is 0 Å². The summed E-state index contributed by atoms with van der Waals surface area (Å²) < 4.78 is 0. The Morgan fingerprint density at radius 2 is 2.06 bits per heavy atom. The number of likely N-dealkylation sites (tertiary alicyclic amines) is 1. The maximum absolute atomic E-state index is 3.75. The molecule has 1 aliphatic rings. The first kappa shape index (κ1) is 13.4. The van der Waals surface area contributed by atoms with Crippen molar-refractivity contribution in [2.75, 3.05) is 25.0 Å². The molecule has 0 bridgehead atoms. The molecule has 1 aliphatic heterocycles. The van der Waals surface area contributed by atoms with Crippen LogP contribution in [0, 0.1) is 13.8 Å². The molecule has 0 saturated carbocycles. The largest absolute Gasteiger partial charge is 0.382 e. The van der Waals surface area contributed by atoms with Gasteiger partial charge in [-0.2, -0.15) is 0 Å². The molecule has 1 saturated heterocycles. The van der Waals surface area contributed by atoms with Crippen molar-refractivity contribution in [1.29, 1.82) is 0 Å². The summed E-state index contributed by atoms with van der Waals surface area (Å²) in [7, 11) is 0. The highest BCUT2D eigenvalue weighted by Crippen LogP contribution is 2.22. The van der Waals surface area contributed by atoms with Crippen LogP contribution in [0.25, 0.3) is 0 Å². The Kier molecular flexibility index (Phi) is 4.65. The molecular weight excluding hydrogens is 220 g/mol. The van der Waals surface area contributed by atoms with E-state index in [0.29, 0.717) is 6.04 Å². The van der Waals surface area contributed by atoms with E-state index in [9.17, 15) is 0 Å². The minimum Gasteiger partial charge on any atom is -0.382 e. The van der Waals surface area contributed by atoms with Crippen LogP contribution in [-0.2, 0) is 0 Å². The van der Waals surface area contributed by atoms with Crippen molar-refractivity contribution in [3.05, 3.63) is 29.3 Å². The van der Waals surface area contributed by atoms with Crippen LogP contribution in [-0.4, -0.2) is 30.6 Å². The predicted octanol–water partition coefficient (Wildman–Crippen LogP) is 3.59. The van der Waals surface area contributed by atoms with E-state index in [0.717, 1.165) is 0 Å². The molecule has 100 valence electrons. The van der Waals surface area contributed by atoms with Gasteiger partial charge in [0.2, 0.25) is 0 Å². The number of hydrogen-bond acceptors (Lipinski definition) is 2. The Morgan fingerprint density at radius 3 is 2.83 bits per heavy atom. The van der Waals surface area contributed by atoms with Crippen molar-refractivity contribution in [3.63, 3.8) is 0 Å². The van der Waals surface area contributed by atoms with Gasteiger partial charge in [-0.05, 0) is 63.4 Å². The molecule has 1 atom stereocenters. The van der Waals surface area contributed by atoms with Gasteiger partial charge in [0.15, 0.2) is 0 Å². The Labute approximate surface area is 111 Å². The average molecular weight is 246 g/mol. The Hall–Kier alpha value is -1.02. The van der Waals surface area contributed by atoms with Crippen molar-refractivity contribution in [2.24, 2.45) is 0 Å². The van der Waals surface area contributed by atoms with E-state index < -0.39 is 0 Å². The average Bonchev–Trinajstić information content (AvgIpc) is 2.60. The van der Waals surface area contributed by atoms with Crippen LogP contribution < -0.4 is 5.32 Å². The second-order valence-corrected chi connectivity index (χ2v) is 5.45.